The van der Waals surface area contributed by atoms with Crippen LogP contribution in [-0.4, -0.2) is 19.6 Å². The number of aliphatic hydroxyl groups excluding tert-OH is 1. The Morgan fingerprint density at radius 2 is 1.76 bits per heavy atom. The Bertz CT molecular complexity index is 759. The van der Waals surface area contributed by atoms with Gasteiger partial charge in [0.05, 0.1) is 17.0 Å². The van der Waals surface area contributed by atoms with Gasteiger partial charge in [-0.05, 0) is 35.4 Å². The standard InChI is InChI=1S/C15H14ClNO3S/c16-11-5-7-12(8-6-11)21(19,20)17-15-13-4-2-1-3-10(13)9-14(15)18/h1-8,14-15,17-18H,9H2/t14-,15+/m0/s1. The van der Waals surface area contributed by atoms with Gasteiger partial charge in [0, 0.05) is 11.4 Å². The summed E-state index contributed by atoms with van der Waals surface area (Å²) in [7, 11) is -3.70. The molecule has 0 heterocycles. The van der Waals surface area contributed by atoms with Gasteiger partial charge in [0.2, 0.25) is 10.0 Å². The third kappa shape index (κ3) is 2.82. The van der Waals surface area contributed by atoms with Gasteiger partial charge in [0.15, 0.2) is 0 Å². The fourth-order valence-corrected chi connectivity index (χ4v) is 3.94. The van der Waals surface area contributed by atoms with Crippen molar-refractivity contribution in [2.75, 3.05) is 0 Å². The number of benzene rings is 2. The van der Waals surface area contributed by atoms with Crippen LogP contribution in [0.15, 0.2) is 53.4 Å². The number of nitrogens with one attached hydrogen (secondary N) is 1. The van der Waals surface area contributed by atoms with Crippen LogP contribution in [0.2, 0.25) is 5.02 Å². The van der Waals surface area contributed by atoms with Crippen LogP contribution in [0.5, 0.6) is 0 Å². The van der Waals surface area contributed by atoms with Crippen molar-refractivity contribution in [1.29, 1.82) is 0 Å². The number of sulfonamides is 1. The third-order valence-corrected chi connectivity index (χ3v) is 5.32. The molecule has 0 saturated heterocycles. The summed E-state index contributed by atoms with van der Waals surface area (Å²) in [5, 5.41) is 10.6. The van der Waals surface area contributed by atoms with Gasteiger partial charge in [-0.2, -0.15) is 0 Å². The van der Waals surface area contributed by atoms with Crippen LogP contribution in [0.1, 0.15) is 17.2 Å². The van der Waals surface area contributed by atoms with E-state index in [9.17, 15) is 13.5 Å². The first-order valence-electron chi connectivity index (χ1n) is 6.51. The Morgan fingerprint density at radius 1 is 1.10 bits per heavy atom. The van der Waals surface area contributed by atoms with Crippen molar-refractivity contribution in [3.8, 4) is 0 Å². The largest absolute Gasteiger partial charge is 0.391 e. The molecule has 6 heteroatoms. The summed E-state index contributed by atoms with van der Waals surface area (Å²) in [6.07, 6.45) is -0.311. The van der Waals surface area contributed by atoms with E-state index in [-0.39, 0.29) is 4.90 Å². The molecule has 0 saturated carbocycles. The van der Waals surface area contributed by atoms with Crippen molar-refractivity contribution >= 4 is 21.6 Å². The lowest BCUT2D eigenvalue weighted by atomic mass is 10.1. The predicted octanol–water partition coefficient (Wildman–Crippen LogP) is 2.28. The Hall–Kier alpha value is -1.40. The Morgan fingerprint density at radius 3 is 2.48 bits per heavy atom. The van der Waals surface area contributed by atoms with E-state index < -0.39 is 22.2 Å². The average Bonchev–Trinajstić information content (AvgIpc) is 2.75. The molecule has 0 aromatic heterocycles. The van der Waals surface area contributed by atoms with E-state index >= 15 is 0 Å². The molecule has 0 radical (unpaired) electrons. The van der Waals surface area contributed by atoms with E-state index in [1.54, 1.807) is 0 Å². The number of fused-ring (bicyclic) bond motifs is 1. The second-order valence-corrected chi connectivity index (χ2v) is 7.17. The van der Waals surface area contributed by atoms with E-state index in [1.165, 1.54) is 24.3 Å². The zero-order chi connectivity index (χ0) is 15.0. The molecule has 0 aliphatic heterocycles. The summed E-state index contributed by atoms with van der Waals surface area (Å²) in [4.78, 5) is 0.128. The molecule has 2 atom stereocenters. The summed E-state index contributed by atoms with van der Waals surface area (Å²) in [6.45, 7) is 0. The van der Waals surface area contributed by atoms with Gasteiger partial charge in [-0.3, -0.25) is 0 Å². The highest BCUT2D eigenvalue weighted by atomic mass is 35.5. The highest BCUT2D eigenvalue weighted by Crippen LogP contribution is 2.32. The molecule has 0 unspecified atom stereocenters. The fraction of sp³-hybridized carbons (Fsp3) is 0.200. The van der Waals surface area contributed by atoms with E-state index in [1.807, 2.05) is 24.3 Å². The lowest BCUT2D eigenvalue weighted by Gasteiger charge is -2.18. The van der Waals surface area contributed by atoms with Crippen LogP contribution in [0.25, 0.3) is 0 Å². The van der Waals surface area contributed by atoms with E-state index in [0.717, 1.165) is 11.1 Å². The van der Waals surface area contributed by atoms with E-state index in [2.05, 4.69) is 4.72 Å². The topological polar surface area (TPSA) is 66.4 Å². The molecule has 0 amide bonds. The normalized spacial score (nSPS) is 21.2. The quantitative estimate of drug-likeness (QED) is 0.910. The molecule has 0 bridgehead atoms. The minimum atomic E-state index is -3.70. The van der Waals surface area contributed by atoms with Crippen molar-refractivity contribution in [3.63, 3.8) is 0 Å². The predicted molar refractivity (Wildman–Crippen MR) is 80.7 cm³/mol. The van der Waals surface area contributed by atoms with Crippen molar-refractivity contribution in [2.24, 2.45) is 0 Å². The van der Waals surface area contributed by atoms with Crippen LogP contribution < -0.4 is 4.72 Å². The smallest absolute Gasteiger partial charge is 0.241 e. The van der Waals surface area contributed by atoms with Gasteiger partial charge in [0.1, 0.15) is 0 Å². The fourth-order valence-electron chi connectivity index (χ4n) is 2.56. The molecule has 2 aromatic rings. The van der Waals surface area contributed by atoms with Crippen LogP contribution in [-0.2, 0) is 16.4 Å². The molecule has 110 valence electrons. The van der Waals surface area contributed by atoms with Crippen molar-refractivity contribution < 1.29 is 13.5 Å². The summed E-state index contributed by atoms with van der Waals surface area (Å²) >= 11 is 5.77. The monoisotopic (exact) mass is 323 g/mol. The van der Waals surface area contributed by atoms with Crippen LogP contribution >= 0.6 is 11.6 Å². The highest BCUT2D eigenvalue weighted by molar-refractivity contribution is 7.89. The molecule has 2 N–H and O–H groups in total. The SMILES string of the molecule is O=S(=O)(N[C@@H]1c2ccccc2C[C@@H]1O)c1ccc(Cl)cc1. The second kappa shape index (κ2) is 5.42. The molecule has 0 fully saturated rings. The Balaban J connectivity index is 1.91. The zero-order valence-electron chi connectivity index (χ0n) is 11.0. The maximum atomic E-state index is 12.4. The number of rotatable bonds is 3. The first kappa shape index (κ1) is 14.5. The number of aliphatic hydroxyl groups is 1. The molecular formula is C15H14ClNO3S. The summed E-state index contributed by atoms with van der Waals surface area (Å²) < 4.78 is 27.4. The van der Waals surface area contributed by atoms with Gasteiger partial charge in [-0.1, -0.05) is 35.9 Å². The molecule has 1 aliphatic carbocycles. The van der Waals surface area contributed by atoms with Gasteiger partial charge in [-0.15, -0.1) is 0 Å². The van der Waals surface area contributed by atoms with Crippen molar-refractivity contribution in [2.45, 2.75) is 23.5 Å². The van der Waals surface area contributed by atoms with Gasteiger partial charge in [0.25, 0.3) is 0 Å². The minimum absolute atomic E-state index is 0.128. The number of halogens is 1. The molecule has 21 heavy (non-hydrogen) atoms. The molecule has 3 rings (SSSR count). The minimum Gasteiger partial charge on any atom is -0.391 e. The summed E-state index contributed by atoms with van der Waals surface area (Å²) in [5.41, 5.74) is 1.79. The average molecular weight is 324 g/mol. The van der Waals surface area contributed by atoms with Crippen LogP contribution in [0.3, 0.4) is 0 Å². The summed E-state index contributed by atoms with van der Waals surface area (Å²) in [6, 6.07) is 12.7. The zero-order valence-corrected chi connectivity index (χ0v) is 12.6. The molecule has 2 aromatic carbocycles. The molecule has 4 nitrogen and oxygen atoms in total. The lowest BCUT2D eigenvalue weighted by Crippen LogP contribution is -2.33. The second-order valence-electron chi connectivity index (χ2n) is 5.02. The maximum Gasteiger partial charge on any atom is 0.241 e. The Kier molecular flexibility index (Phi) is 3.75. The number of hydrogen-bond donors (Lipinski definition) is 2. The van der Waals surface area contributed by atoms with Crippen LogP contribution in [0, 0.1) is 0 Å². The van der Waals surface area contributed by atoms with Gasteiger partial charge >= 0.3 is 0 Å². The van der Waals surface area contributed by atoms with Gasteiger partial charge < -0.3 is 5.11 Å². The van der Waals surface area contributed by atoms with Crippen LogP contribution in [0.4, 0.5) is 0 Å². The Labute approximate surface area is 128 Å². The summed E-state index contributed by atoms with van der Waals surface area (Å²) in [5.74, 6) is 0. The number of hydrogen-bond acceptors (Lipinski definition) is 3. The van der Waals surface area contributed by atoms with Gasteiger partial charge in [-0.25, -0.2) is 13.1 Å². The van der Waals surface area contributed by atoms with E-state index in [0.29, 0.717) is 11.4 Å². The molecule has 0 spiro atoms. The molecular weight excluding hydrogens is 310 g/mol. The first-order chi connectivity index (χ1) is 9.97. The van der Waals surface area contributed by atoms with E-state index in [4.69, 9.17) is 11.6 Å². The lowest BCUT2D eigenvalue weighted by molar-refractivity contribution is 0.151. The third-order valence-electron chi connectivity index (χ3n) is 3.61. The van der Waals surface area contributed by atoms with Crippen molar-refractivity contribution in [3.05, 3.63) is 64.7 Å². The maximum absolute atomic E-state index is 12.4. The molecule has 1 aliphatic rings. The first-order valence-corrected chi connectivity index (χ1v) is 8.37. The highest BCUT2D eigenvalue weighted by Gasteiger charge is 2.34. The van der Waals surface area contributed by atoms with Crippen molar-refractivity contribution in [1.82, 2.24) is 4.72 Å².